The van der Waals surface area contributed by atoms with E-state index in [9.17, 15) is 10.5 Å². The number of nitriles is 2. The van der Waals surface area contributed by atoms with Crippen LogP contribution in [0.3, 0.4) is 0 Å². The molecule has 0 atom stereocenters. The molecule has 26 rings (SSSR count). The van der Waals surface area contributed by atoms with Crippen molar-refractivity contribution in [3.63, 3.8) is 0 Å². The molecule has 0 fully saturated rings. The van der Waals surface area contributed by atoms with E-state index in [1.54, 1.807) is 36.4 Å². The molecule has 0 saturated heterocycles. The van der Waals surface area contributed by atoms with Gasteiger partial charge in [0.25, 0.3) is 0 Å². The minimum atomic E-state index is -4.79. The monoisotopic (exact) mass is 1690 g/mol. The standard InChI is InChI=1S/C114H66F6N10/c1-123-90-43-19-15-39-83(90)105-97(123)57-55-78-73-34-11-22-46-93(73)127(107(78)105)100-59-67(71-32-8-17-41-88(71)113(115,116)117)60-101(86(100)63-121)128-94-47-23-12-35-74(94)79-56-58-98-106(108(79)128)84-40-16-20-44-91(84)124(98)65-66-27-26-50-99-104(66)85-54-53-82-77-38-14-25-49-96(77)130(111(82)112(85)126(99)70-30-6-3-7-31-70)103-62-68(72-33-9-18-42-89(72)114(118,119)120)61-102(87(103)64-122)129-95-48-24-13-37-76(95)81-52-51-80-75-36-10-21-45-92(75)125(109(80)110(81)129)69-28-4-2-5-29-69/h2-62H,65H2,1H3. The smallest absolute Gasteiger partial charge is 0.344 e. The lowest BCUT2D eigenvalue weighted by atomic mass is 9.95. The maximum atomic E-state index is 16.1. The number of nitrogens with zero attached hydrogens (tertiary/aromatic N) is 10. The van der Waals surface area contributed by atoms with Gasteiger partial charge in [0.2, 0.25) is 0 Å². The fourth-order valence-electron chi connectivity index (χ4n) is 22.1. The molecule has 0 aliphatic carbocycles. The topological polar surface area (TPSA) is 87.0 Å². The second-order valence-corrected chi connectivity index (χ2v) is 33.8. The van der Waals surface area contributed by atoms with Crippen LogP contribution in [-0.2, 0) is 25.9 Å². The Labute approximate surface area is 735 Å². The lowest BCUT2D eigenvalue weighted by Gasteiger charge is -2.21. The highest BCUT2D eigenvalue weighted by atomic mass is 19.4. The Bertz CT molecular complexity index is 9560. The van der Waals surface area contributed by atoms with Crippen LogP contribution in [0.15, 0.2) is 370 Å². The number of fused-ring (bicyclic) bond motifs is 28. The van der Waals surface area contributed by atoms with E-state index in [1.807, 2.05) is 153 Å². The van der Waals surface area contributed by atoms with Crippen LogP contribution in [0.4, 0.5) is 26.3 Å². The van der Waals surface area contributed by atoms with Crippen LogP contribution in [-0.4, -0.2) is 36.5 Å². The van der Waals surface area contributed by atoms with Crippen LogP contribution < -0.4 is 0 Å². The van der Waals surface area contributed by atoms with Gasteiger partial charge in [-0.15, -0.1) is 0 Å². The maximum Gasteiger partial charge on any atom is 0.417 e. The molecule has 8 aromatic heterocycles. The van der Waals surface area contributed by atoms with Crippen molar-refractivity contribution < 1.29 is 26.3 Å². The number of halogens is 6. The van der Waals surface area contributed by atoms with Gasteiger partial charge in [0.1, 0.15) is 23.3 Å². The van der Waals surface area contributed by atoms with Gasteiger partial charge in [-0.05, 0) is 149 Å². The Hall–Kier alpha value is -17.1. The number of alkyl halides is 6. The number of para-hydroxylation sites is 9. The Balaban J connectivity index is 0.746. The summed E-state index contributed by atoms with van der Waals surface area (Å²) in [5, 5.41) is 39.6. The fourth-order valence-corrected chi connectivity index (χ4v) is 22.1. The first-order valence-corrected chi connectivity index (χ1v) is 43.1. The summed E-state index contributed by atoms with van der Waals surface area (Å²) in [6.45, 7) is 0.299. The first kappa shape index (κ1) is 74.4. The lowest BCUT2D eigenvalue weighted by Crippen LogP contribution is -2.09. The van der Waals surface area contributed by atoms with Crippen molar-refractivity contribution in [2.24, 2.45) is 7.05 Å². The predicted octanol–water partition coefficient (Wildman–Crippen LogP) is 30.2. The molecule has 8 heterocycles. The van der Waals surface area contributed by atoms with Crippen LogP contribution in [0.25, 0.3) is 231 Å². The molecule has 0 N–H and O–H groups in total. The van der Waals surface area contributed by atoms with Crippen LogP contribution in [0.1, 0.15) is 27.8 Å². The Kier molecular flexibility index (Phi) is 15.7. The van der Waals surface area contributed by atoms with E-state index in [1.165, 1.54) is 24.3 Å². The second-order valence-electron chi connectivity index (χ2n) is 33.8. The summed E-state index contributed by atoms with van der Waals surface area (Å²) in [5.74, 6) is 0. The van der Waals surface area contributed by atoms with Gasteiger partial charge in [0.15, 0.2) is 0 Å². The minimum absolute atomic E-state index is 0.0480. The third-order valence-electron chi connectivity index (χ3n) is 27.2. The number of aromatic nitrogens is 8. The summed E-state index contributed by atoms with van der Waals surface area (Å²) in [7, 11) is 2.04. The number of hydrogen-bond acceptors (Lipinski definition) is 2. The fraction of sp³-hybridized carbons (Fsp3) is 0.0351. The van der Waals surface area contributed by atoms with Gasteiger partial charge in [0.05, 0.1) is 111 Å². The summed E-state index contributed by atoms with van der Waals surface area (Å²) >= 11 is 0. The van der Waals surface area contributed by atoms with Crippen LogP contribution in [0, 0.1) is 22.7 Å². The summed E-state index contributed by atoms with van der Waals surface area (Å²) in [4.78, 5) is 0. The summed E-state index contributed by atoms with van der Waals surface area (Å²) in [6.07, 6.45) is -9.56. The number of rotatable bonds is 10. The maximum absolute atomic E-state index is 16.1. The van der Waals surface area contributed by atoms with Gasteiger partial charge >= 0.3 is 12.4 Å². The van der Waals surface area contributed by atoms with E-state index < -0.39 is 23.5 Å². The first-order chi connectivity index (χ1) is 63.7. The van der Waals surface area contributed by atoms with E-state index in [-0.39, 0.29) is 33.4 Å². The molecule has 0 aliphatic heterocycles. The highest BCUT2D eigenvalue weighted by Crippen LogP contribution is 2.53. The molecule has 16 heteroatoms. The van der Waals surface area contributed by atoms with E-state index >= 15 is 26.3 Å². The van der Waals surface area contributed by atoms with Crippen molar-refractivity contribution in [1.29, 1.82) is 10.5 Å². The second kappa shape index (κ2) is 27.5. The van der Waals surface area contributed by atoms with Gasteiger partial charge in [-0.1, -0.05) is 249 Å². The molecule has 26 aromatic rings. The molecule has 0 spiro atoms. The van der Waals surface area contributed by atoms with E-state index in [0.717, 1.165) is 192 Å². The van der Waals surface area contributed by atoms with Gasteiger partial charge < -0.3 is 36.5 Å². The van der Waals surface area contributed by atoms with Crippen molar-refractivity contribution in [2.45, 2.75) is 18.9 Å². The minimum Gasteiger partial charge on any atom is -0.344 e. The molecule has 0 radical (unpaired) electrons. The number of benzene rings is 18. The quantitative estimate of drug-likeness (QED) is 0.128. The normalized spacial score (nSPS) is 12.4. The van der Waals surface area contributed by atoms with Gasteiger partial charge in [-0.2, -0.15) is 36.9 Å². The van der Waals surface area contributed by atoms with E-state index in [0.29, 0.717) is 40.3 Å². The van der Waals surface area contributed by atoms with Crippen molar-refractivity contribution in [1.82, 2.24) is 36.5 Å². The number of hydrogen-bond donors (Lipinski definition) is 0. The highest BCUT2D eigenvalue weighted by Gasteiger charge is 2.38. The summed E-state index contributed by atoms with van der Waals surface area (Å²) in [6, 6.07) is 125. The predicted molar refractivity (Wildman–Crippen MR) is 515 cm³/mol. The molecule has 0 unspecified atom stereocenters. The largest absolute Gasteiger partial charge is 0.417 e. The zero-order chi connectivity index (χ0) is 87.0. The van der Waals surface area contributed by atoms with Gasteiger partial charge in [-0.25, -0.2) is 0 Å². The molecule has 0 bridgehead atoms. The lowest BCUT2D eigenvalue weighted by molar-refractivity contribution is -0.137. The van der Waals surface area contributed by atoms with Crippen molar-refractivity contribution in [3.05, 3.63) is 398 Å². The molecule has 18 aromatic carbocycles. The zero-order valence-corrected chi connectivity index (χ0v) is 69.2. The SMILES string of the molecule is Cn1c2ccccc2c2c1ccc1c3ccccc3n(-c3cc(-c4ccccc4C(F)(F)F)cc(-n4c5ccccc5c5ccc6c(c7ccccc7n6Cc6cccc7c6c6ccc8c9ccccc9n(-c9cc(-c%10ccccc%10C(F)(F)F)cc(-n%10c%11ccccc%11c%11ccc%12c%13ccccc%13n(-c%13ccccc%13)c%12c%11%10)c9C#N)c8c6n7-c6ccccc6)c54)c3C#N)c12. The molecule has 614 valence electrons. The van der Waals surface area contributed by atoms with Crippen LogP contribution in [0.5, 0.6) is 0 Å². The highest BCUT2D eigenvalue weighted by molar-refractivity contribution is 6.30. The van der Waals surface area contributed by atoms with E-state index in [2.05, 4.69) is 200 Å². The average Bonchev–Trinajstić information content (AvgIpc) is 1.54. The van der Waals surface area contributed by atoms with Gasteiger partial charge in [0, 0.05) is 122 Å². The average molecular weight is 1690 g/mol. The summed E-state index contributed by atoms with van der Waals surface area (Å²) < 4.78 is 114. The molecule has 0 amide bonds. The van der Waals surface area contributed by atoms with Crippen molar-refractivity contribution >= 4 is 174 Å². The Morgan fingerprint density at radius 1 is 0.246 bits per heavy atom. The third kappa shape index (κ3) is 10.3. The zero-order valence-electron chi connectivity index (χ0n) is 69.2. The van der Waals surface area contributed by atoms with Crippen LogP contribution in [0.2, 0.25) is 0 Å². The summed E-state index contributed by atoms with van der Waals surface area (Å²) in [5.41, 5.74) is 16.5. The molecule has 0 saturated carbocycles. The molecular formula is C114H66F6N10. The van der Waals surface area contributed by atoms with Gasteiger partial charge in [-0.3, -0.25) is 0 Å². The Morgan fingerprint density at radius 2 is 0.554 bits per heavy atom. The van der Waals surface area contributed by atoms with Crippen molar-refractivity contribution in [2.75, 3.05) is 0 Å². The Morgan fingerprint density at radius 3 is 0.992 bits per heavy atom. The molecule has 0 aliphatic rings. The molecule has 130 heavy (non-hydrogen) atoms. The molecular weight excluding hydrogens is 1620 g/mol. The van der Waals surface area contributed by atoms with Crippen LogP contribution >= 0.6 is 0 Å². The third-order valence-corrected chi connectivity index (χ3v) is 27.2. The first-order valence-electron chi connectivity index (χ1n) is 43.1. The molecule has 10 nitrogen and oxygen atoms in total. The van der Waals surface area contributed by atoms with E-state index in [4.69, 9.17) is 0 Å². The number of aryl methyl sites for hydroxylation is 1. The van der Waals surface area contributed by atoms with Crippen molar-refractivity contribution in [3.8, 4) is 68.5 Å².